The molecule has 0 aliphatic heterocycles. The van der Waals surface area contributed by atoms with E-state index in [-0.39, 0.29) is 5.54 Å². The zero-order valence-corrected chi connectivity index (χ0v) is 11.0. The van der Waals surface area contributed by atoms with E-state index in [0.29, 0.717) is 17.3 Å². The second kappa shape index (κ2) is 3.33. The number of hydrogen-bond acceptors (Lipinski definition) is 2. The first-order chi connectivity index (χ1) is 7.28. The lowest BCUT2D eigenvalue weighted by atomic mass is 10.1. The van der Waals surface area contributed by atoms with E-state index in [1.165, 1.54) is 5.56 Å². The van der Waals surface area contributed by atoms with Crippen molar-refractivity contribution in [3.63, 3.8) is 0 Å². The van der Waals surface area contributed by atoms with Crippen molar-refractivity contribution in [3.05, 3.63) is 18.0 Å². The van der Waals surface area contributed by atoms with Gasteiger partial charge in [-0.3, -0.25) is 4.68 Å². The molecular formula is C13H23N3. The molecule has 0 spiro atoms. The molecule has 2 unspecified atom stereocenters. The lowest BCUT2D eigenvalue weighted by molar-refractivity contribution is 0.355. The number of nitrogens with zero attached hydrogens (tertiary/aromatic N) is 2. The van der Waals surface area contributed by atoms with E-state index in [9.17, 15) is 0 Å². The number of rotatable bonds is 2. The summed E-state index contributed by atoms with van der Waals surface area (Å²) in [6.45, 7) is 11.9. The molecular weight excluding hydrogens is 198 g/mol. The molecule has 1 aliphatic carbocycles. The lowest BCUT2D eigenvalue weighted by Crippen LogP contribution is -2.21. The highest BCUT2D eigenvalue weighted by Gasteiger charge is 2.57. The fourth-order valence-electron chi connectivity index (χ4n) is 2.71. The summed E-state index contributed by atoms with van der Waals surface area (Å²) in [5.41, 5.74) is 7.56. The summed E-state index contributed by atoms with van der Waals surface area (Å²) in [7, 11) is 0. The van der Waals surface area contributed by atoms with Gasteiger partial charge in [0.2, 0.25) is 0 Å². The Morgan fingerprint density at radius 1 is 1.44 bits per heavy atom. The van der Waals surface area contributed by atoms with Gasteiger partial charge < -0.3 is 5.73 Å². The number of nitrogens with two attached hydrogens (primary N) is 1. The first kappa shape index (κ1) is 11.6. The molecule has 1 aliphatic rings. The van der Waals surface area contributed by atoms with Crippen LogP contribution in [-0.4, -0.2) is 16.3 Å². The first-order valence-electron chi connectivity index (χ1n) is 6.03. The highest BCUT2D eigenvalue weighted by Crippen LogP contribution is 2.63. The maximum atomic E-state index is 5.80. The van der Waals surface area contributed by atoms with Crippen LogP contribution >= 0.6 is 0 Å². The average molecular weight is 221 g/mol. The summed E-state index contributed by atoms with van der Waals surface area (Å²) in [6.07, 6.45) is 4.19. The minimum atomic E-state index is 0.0650. The molecule has 0 aromatic carbocycles. The third-order valence-corrected chi connectivity index (χ3v) is 3.95. The van der Waals surface area contributed by atoms with Crippen LogP contribution in [0.25, 0.3) is 0 Å². The quantitative estimate of drug-likeness (QED) is 0.833. The number of aromatic nitrogens is 2. The van der Waals surface area contributed by atoms with Crippen molar-refractivity contribution in [1.29, 1.82) is 0 Å². The monoisotopic (exact) mass is 221 g/mol. The summed E-state index contributed by atoms with van der Waals surface area (Å²) in [6, 6.07) is 0. The minimum absolute atomic E-state index is 0.0650. The van der Waals surface area contributed by atoms with Crippen molar-refractivity contribution in [2.75, 3.05) is 6.54 Å². The maximum Gasteiger partial charge on any atom is 0.0543 e. The van der Waals surface area contributed by atoms with Gasteiger partial charge >= 0.3 is 0 Å². The smallest absolute Gasteiger partial charge is 0.0543 e. The van der Waals surface area contributed by atoms with E-state index in [1.807, 2.05) is 10.9 Å². The Kier molecular flexibility index (Phi) is 2.42. The van der Waals surface area contributed by atoms with E-state index in [1.54, 1.807) is 0 Å². The van der Waals surface area contributed by atoms with Crippen molar-refractivity contribution < 1.29 is 0 Å². The molecule has 1 aromatic heterocycles. The molecule has 1 fully saturated rings. The van der Waals surface area contributed by atoms with Gasteiger partial charge in [-0.2, -0.15) is 5.10 Å². The Labute approximate surface area is 98.0 Å². The van der Waals surface area contributed by atoms with Gasteiger partial charge in [0, 0.05) is 6.20 Å². The molecule has 3 nitrogen and oxygen atoms in total. The van der Waals surface area contributed by atoms with E-state index < -0.39 is 0 Å². The normalized spacial score (nSPS) is 28.1. The maximum absolute atomic E-state index is 5.80. The molecule has 2 N–H and O–H groups in total. The highest BCUT2D eigenvalue weighted by molar-refractivity contribution is 5.28. The molecule has 0 radical (unpaired) electrons. The van der Waals surface area contributed by atoms with Gasteiger partial charge in [-0.25, -0.2) is 0 Å². The van der Waals surface area contributed by atoms with Crippen LogP contribution in [0.5, 0.6) is 0 Å². The molecule has 16 heavy (non-hydrogen) atoms. The van der Waals surface area contributed by atoms with Gasteiger partial charge in [0.25, 0.3) is 0 Å². The van der Waals surface area contributed by atoms with Gasteiger partial charge in [-0.15, -0.1) is 0 Å². The van der Waals surface area contributed by atoms with E-state index in [4.69, 9.17) is 5.73 Å². The van der Waals surface area contributed by atoms with Crippen molar-refractivity contribution in [1.82, 2.24) is 9.78 Å². The predicted molar refractivity (Wildman–Crippen MR) is 66.3 cm³/mol. The second-order valence-corrected chi connectivity index (χ2v) is 6.53. The fraction of sp³-hybridized carbons (Fsp3) is 0.769. The predicted octanol–water partition coefficient (Wildman–Crippen LogP) is 2.34. The third kappa shape index (κ3) is 1.67. The molecule has 1 aromatic rings. The Morgan fingerprint density at radius 3 is 2.44 bits per heavy atom. The second-order valence-electron chi connectivity index (χ2n) is 6.53. The minimum Gasteiger partial charge on any atom is -0.330 e. The van der Waals surface area contributed by atoms with E-state index in [0.717, 1.165) is 6.54 Å². The lowest BCUT2D eigenvalue weighted by Gasteiger charge is -2.18. The van der Waals surface area contributed by atoms with E-state index in [2.05, 4.69) is 45.9 Å². The summed E-state index contributed by atoms with van der Waals surface area (Å²) >= 11 is 0. The third-order valence-electron chi connectivity index (χ3n) is 3.95. The van der Waals surface area contributed by atoms with Crippen molar-refractivity contribution in [2.45, 2.75) is 46.1 Å². The summed E-state index contributed by atoms with van der Waals surface area (Å²) < 4.78 is 2.05. The Balaban J connectivity index is 2.22. The highest BCUT2D eigenvalue weighted by atomic mass is 15.3. The molecule has 90 valence electrons. The van der Waals surface area contributed by atoms with Crippen LogP contribution in [0.3, 0.4) is 0 Å². The zero-order valence-electron chi connectivity index (χ0n) is 11.0. The van der Waals surface area contributed by atoms with Gasteiger partial charge in [-0.05, 0) is 50.1 Å². The summed E-state index contributed by atoms with van der Waals surface area (Å²) in [5, 5.41) is 4.46. The first-order valence-corrected chi connectivity index (χ1v) is 6.03. The summed E-state index contributed by atoms with van der Waals surface area (Å²) in [4.78, 5) is 0. The Hall–Kier alpha value is -0.830. The van der Waals surface area contributed by atoms with Crippen molar-refractivity contribution in [3.8, 4) is 0 Å². The van der Waals surface area contributed by atoms with Gasteiger partial charge in [0.05, 0.1) is 11.7 Å². The largest absolute Gasteiger partial charge is 0.330 e. The Bertz CT molecular complexity index is 384. The van der Waals surface area contributed by atoms with Crippen LogP contribution in [0.2, 0.25) is 0 Å². The van der Waals surface area contributed by atoms with Crippen LogP contribution in [0.4, 0.5) is 0 Å². The standard InChI is InChI=1S/C13H23N3/c1-12(2,3)16-8-9(7-15-16)11-10(6-14)13(11,4)5/h7-8,10-11H,6,14H2,1-5H3. The Morgan fingerprint density at radius 2 is 2.06 bits per heavy atom. The van der Waals surface area contributed by atoms with Crippen molar-refractivity contribution in [2.24, 2.45) is 17.1 Å². The molecule has 1 heterocycles. The van der Waals surface area contributed by atoms with Crippen LogP contribution in [0.1, 0.15) is 46.1 Å². The molecule has 0 saturated heterocycles. The van der Waals surface area contributed by atoms with E-state index >= 15 is 0 Å². The fourth-order valence-corrected chi connectivity index (χ4v) is 2.71. The topological polar surface area (TPSA) is 43.8 Å². The van der Waals surface area contributed by atoms with Crippen LogP contribution in [0, 0.1) is 11.3 Å². The average Bonchev–Trinajstić information content (AvgIpc) is 2.57. The van der Waals surface area contributed by atoms with Gasteiger partial charge in [-0.1, -0.05) is 13.8 Å². The van der Waals surface area contributed by atoms with Crippen LogP contribution in [-0.2, 0) is 5.54 Å². The van der Waals surface area contributed by atoms with Crippen molar-refractivity contribution >= 4 is 0 Å². The molecule has 3 heteroatoms. The zero-order chi connectivity index (χ0) is 12.1. The molecule has 2 atom stereocenters. The van der Waals surface area contributed by atoms with Gasteiger partial charge in [0.15, 0.2) is 0 Å². The molecule has 1 saturated carbocycles. The summed E-state index contributed by atoms with van der Waals surface area (Å²) in [5.74, 6) is 1.21. The number of hydrogen-bond donors (Lipinski definition) is 1. The van der Waals surface area contributed by atoms with Crippen LogP contribution < -0.4 is 5.73 Å². The SMILES string of the molecule is CC1(C)C(CN)C1c1cnn(C(C)(C)C)c1. The molecule has 0 bridgehead atoms. The molecule has 0 amide bonds. The van der Waals surface area contributed by atoms with Gasteiger partial charge in [0.1, 0.15) is 0 Å². The van der Waals surface area contributed by atoms with Crippen LogP contribution in [0.15, 0.2) is 12.4 Å². The molecule has 2 rings (SSSR count).